The highest BCUT2D eigenvalue weighted by Crippen LogP contribution is 2.41. The molecule has 0 unspecified atom stereocenters. The van der Waals surface area contributed by atoms with E-state index in [9.17, 15) is 18.7 Å². The predicted molar refractivity (Wildman–Crippen MR) is 134 cm³/mol. The molecule has 0 aliphatic heterocycles. The Morgan fingerprint density at radius 1 is 1.08 bits per heavy atom. The average molecular weight is 502 g/mol. The van der Waals surface area contributed by atoms with Crippen LogP contribution in [0.4, 0.5) is 19.0 Å². The van der Waals surface area contributed by atoms with E-state index in [1.807, 2.05) is 19.9 Å². The maximum absolute atomic E-state index is 15.3. The van der Waals surface area contributed by atoms with Gasteiger partial charge in [0.2, 0.25) is 0 Å². The van der Waals surface area contributed by atoms with Gasteiger partial charge in [-0.25, -0.2) is 19.2 Å². The van der Waals surface area contributed by atoms with Gasteiger partial charge in [0.15, 0.2) is 0 Å². The Kier molecular flexibility index (Phi) is 6.15. The molecule has 10 heteroatoms. The molecule has 192 valence electrons. The van der Waals surface area contributed by atoms with Gasteiger partial charge in [0.25, 0.3) is 0 Å². The summed E-state index contributed by atoms with van der Waals surface area (Å²) in [5.41, 5.74) is -1.48. The fourth-order valence-corrected chi connectivity index (χ4v) is 4.45. The summed E-state index contributed by atoms with van der Waals surface area (Å²) in [7, 11) is 1.70. The van der Waals surface area contributed by atoms with Crippen molar-refractivity contribution in [3.05, 3.63) is 63.6 Å². The van der Waals surface area contributed by atoms with Gasteiger partial charge >= 0.3 is 11.6 Å². The summed E-state index contributed by atoms with van der Waals surface area (Å²) < 4.78 is 48.1. The van der Waals surface area contributed by atoms with Crippen LogP contribution in [-0.4, -0.2) is 29.8 Å². The molecule has 0 saturated carbocycles. The van der Waals surface area contributed by atoms with E-state index < -0.39 is 28.9 Å². The number of aryl methyl sites for hydroxylation is 2. The van der Waals surface area contributed by atoms with Crippen molar-refractivity contribution in [2.75, 3.05) is 5.32 Å². The number of alkyl halides is 2. The fraction of sp³-hybridized carbons (Fsp3) is 0.423. The largest absolute Gasteiger partial charge is 0.384 e. The SMILES string of the molecule is Cc1nc(N[C@H](C)c2cccc(C(F)(F)C(C)(C)O)c2F)c2cc3c(cc2n1)n(C)c(=O)n3C(C)C. The van der Waals surface area contributed by atoms with Crippen molar-refractivity contribution in [1.82, 2.24) is 19.1 Å². The molecular formula is C26H30F3N5O2. The van der Waals surface area contributed by atoms with E-state index >= 15 is 4.39 Å². The van der Waals surface area contributed by atoms with Crippen LogP contribution in [0.15, 0.2) is 35.1 Å². The molecule has 0 spiro atoms. The van der Waals surface area contributed by atoms with Gasteiger partial charge in [-0.15, -0.1) is 0 Å². The maximum atomic E-state index is 15.3. The molecule has 2 aromatic heterocycles. The molecule has 7 nitrogen and oxygen atoms in total. The van der Waals surface area contributed by atoms with Crippen LogP contribution in [0.25, 0.3) is 21.9 Å². The zero-order valence-electron chi connectivity index (χ0n) is 21.3. The number of fused-ring (bicyclic) bond motifs is 2. The molecule has 2 aromatic carbocycles. The first kappa shape index (κ1) is 25.7. The van der Waals surface area contributed by atoms with Crippen molar-refractivity contribution in [3.63, 3.8) is 0 Å². The Morgan fingerprint density at radius 2 is 1.75 bits per heavy atom. The summed E-state index contributed by atoms with van der Waals surface area (Å²) in [5, 5.41) is 13.7. The van der Waals surface area contributed by atoms with E-state index in [1.165, 1.54) is 12.1 Å². The van der Waals surface area contributed by atoms with Crippen LogP contribution >= 0.6 is 0 Å². The van der Waals surface area contributed by atoms with Gasteiger partial charge in [-0.05, 0) is 59.7 Å². The minimum Gasteiger partial charge on any atom is -0.384 e. The summed E-state index contributed by atoms with van der Waals surface area (Å²) in [6.45, 7) is 9.06. The molecule has 0 fully saturated rings. The summed E-state index contributed by atoms with van der Waals surface area (Å²) in [6.07, 6.45) is 0. The Labute approximate surface area is 206 Å². The van der Waals surface area contributed by atoms with Crippen molar-refractivity contribution in [3.8, 4) is 0 Å². The van der Waals surface area contributed by atoms with Crippen molar-refractivity contribution >= 4 is 27.8 Å². The van der Waals surface area contributed by atoms with Crippen LogP contribution in [0, 0.1) is 12.7 Å². The monoisotopic (exact) mass is 501 g/mol. The molecule has 2 heterocycles. The highest BCUT2D eigenvalue weighted by Gasteiger charge is 2.49. The van der Waals surface area contributed by atoms with E-state index in [0.717, 1.165) is 19.9 Å². The molecule has 0 saturated heterocycles. The van der Waals surface area contributed by atoms with E-state index in [1.54, 1.807) is 36.1 Å². The molecular weight excluding hydrogens is 471 g/mol. The number of nitrogens with one attached hydrogen (secondary N) is 1. The summed E-state index contributed by atoms with van der Waals surface area (Å²) >= 11 is 0. The number of aromatic nitrogens is 4. The molecule has 0 aliphatic rings. The van der Waals surface area contributed by atoms with Crippen molar-refractivity contribution in [1.29, 1.82) is 0 Å². The van der Waals surface area contributed by atoms with Gasteiger partial charge in [-0.1, -0.05) is 12.1 Å². The second-order valence-electron chi connectivity index (χ2n) is 9.99. The lowest BCUT2D eigenvalue weighted by atomic mass is 9.91. The number of hydrogen-bond acceptors (Lipinski definition) is 5. The normalized spacial score (nSPS) is 13.7. The lowest BCUT2D eigenvalue weighted by Gasteiger charge is -2.30. The van der Waals surface area contributed by atoms with Crippen molar-refractivity contribution in [2.24, 2.45) is 7.05 Å². The minimum atomic E-state index is -3.80. The van der Waals surface area contributed by atoms with Crippen LogP contribution in [0.1, 0.15) is 63.7 Å². The number of halogens is 3. The molecule has 0 radical (unpaired) electrons. The Morgan fingerprint density at radius 3 is 2.36 bits per heavy atom. The van der Waals surface area contributed by atoms with Gasteiger partial charge in [-0.3, -0.25) is 9.13 Å². The third-order valence-electron chi connectivity index (χ3n) is 6.49. The number of rotatable bonds is 6. The molecule has 2 N–H and O–H groups in total. The van der Waals surface area contributed by atoms with Crippen LogP contribution in [-0.2, 0) is 13.0 Å². The topological polar surface area (TPSA) is 85.0 Å². The third kappa shape index (κ3) is 4.03. The van der Waals surface area contributed by atoms with E-state index in [4.69, 9.17) is 0 Å². The van der Waals surface area contributed by atoms with Crippen LogP contribution in [0.5, 0.6) is 0 Å². The average Bonchev–Trinajstić information content (AvgIpc) is 3.01. The second-order valence-corrected chi connectivity index (χ2v) is 9.99. The number of nitrogens with zero attached hydrogens (tertiary/aromatic N) is 4. The van der Waals surface area contributed by atoms with E-state index in [-0.39, 0.29) is 17.3 Å². The van der Waals surface area contributed by atoms with Crippen molar-refractivity contribution < 1.29 is 18.3 Å². The van der Waals surface area contributed by atoms with Crippen molar-refractivity contribution in [2.45, 2.75) is 65.1 Å². The lowest BCUT2D eigenvalue weighted by Crippen LogP contribution is -2.41. The summed E-state index contributed by atoms with van der Waals surface area (Å²) in [4.78, 5) is 21.8. The highest BCUT2D eigenvalue weighted by molar-refractivity contribution is 5.99. The number of imidazole rings is 1. The first-order valence-corrected chi connectivity index (χ1v) is 11.7. The number of anilines is 1. The Hall–Kier alpha value is -3.40. The number of benzene rings is 2. The van der Waals surface area contributed by atoms with Crippen LogP contribution in [0.3, 0.4) is 0 Å². The zero-order valence-corrected chi connectivity index (χ0v) is 21.3. The number of hydrogen-bond donors (Lipinski definition) is 2. The molecule has 0 amide bonds. The first-order valence-electron chi connectivity index (χ1n) is 11.7. The number of aliphatic hydroxyl groups is 1. The maximum Gasteiger partial charge on any atom is 0.329 e. The van der Waals surface area contributed by atoms with Gasteiger partial charge in [0, 0.05) is 24.0 Å². The second kappa shape index (κ2) is 8.62. The summed E-state index contributed by atoms with van der Waals surface area (Å²) in [5.74, 6) is -4.06. The van der Waals surface area contributed by atoms with Gasteiger partial charge in [0.1, 0.15) is 23.1 Å². The Bertz CT molecular complexity index is 1530. The molecule has 1 atom stereocenters. The quantitative estimate of drug-likeness (QED) is 0.372. The third-order valence-corrected chi connectivity index (χ3v) is 6.49. The van der Waals surface area contributed by atoms with E-state index in [0.29, 0.717) is 33.6 Å². The van der Waals surface area contributed by atoms with Gasteiger partial charge in [0.05, 0.1) is 28.2 Å². The molecule has 0 aliphatic carbocycles. The summed E-state index contributed by atoms with van der Waals surface area (Å²) in [6, 6.07) is 6.51. The highest BCUT2D eigenvalue weighted by atomic mass is 19.3. The van der Waals surface area contributed by atoms with Crippen LogP contribution < -0.4 is 11.0 Å². The standard InChI is InChI=1S/C26H30F3N5O2/c1-13(2)34-21-11-17-19(12-20(21)33(7)24(34)35)31-15(4)32-23(17)30-14(3)16-9-8-10-18(22(16)27)26(28,29)25(5,6)36/h8-14,36H,1-7H3,(H,30,31,32)/t14-/m1/s1. The molecule has 4 aromatic rings. The minimum absolute atomic E-state index is 0.000665. The molecule has 0 bridgehead atoms. The smallest absolute Gasteiger partial charge is 0.329 e. The zero-order chi connectivity index (χ0) is 26.7. The first-order chi connectivity index (χ1) is 16.6. The van der Waals surface area contributed by atoms with E-state index in [2.05, 4.69) is 15.3 Å². The molecule has 4 rings (SSSR count). The fourth-order valence-electron chi connectivity index (χ4n) is 4.45. The predicted octanol–water partition coefficient (Wildman–Crippen LogP) is 5.35. The van der Waals surface area contributed by atoms with Gasteiger partial charge < -0.3 is 10.4 Å². The lowest BCUT2D eigenvalue weighted by molar-refractivity contribution is -0.170. The van der Waals surface area contributed by atoms with Gasteiger partial charge in [-0.2, -0.15) is 8.78 Å². The molecule has 36 heavy (non-hydrogen) atoms. The Balaban J connectivity index is 1.85. The van der Waals surface area contributed by atoms with Crippen LogP contribution in [0.2, 0.25) is 0 Å².